The Morgan fingerprint density at radius 2 is 1.96 bits per heavy atom. The summed E-state index contributed by atoms with van der Waals surface area (Å²) in [5, 5.41) is 12.2. The Morgan fingerprint density at radius 1 is 1.29 bits per heavy atom. The number of rotatable bonds is 7. The third-order valence-corrected chi connectivity index (χ3v) is 3.47. The maximum atomic E-state index is 12.1. The summed E-state index contributed by atoms with van der Waals surface area (Å²) in [7, 11) is 0. The monoisotopic (exact) mass is 345 g/mol. The van der Waals surface area contributed by atoms with Crippen molar-refractivity contribution in [1.29, 1.82) is 0 Å². The van der Waals surface area contributed by atoms with Gasteiger partial charge in [0.2, 0.25) is 0 Å². The highest BCUT2D eigenvalue weighted by molar-refractivity contribution is 5.75. The molecule has 1 fully saturated rings. The Balaban J connectivity index is 2.79. The lowest BCUT2D eigenvalue weighted by atomic mass is 9.99. The molecule has 2 N–H and O–H groups in total. The van der Waals surface area contributed by atoms with Crippen molar-refractivity contribution in [3.05, 3.63) is 0 Å². The van der Waals surface area contributed by atoms with Crippen molar-refractivity contribution < 1.29 is 28.9 Å². The second kappa shape index (κ2) is 9.22. The van der Waals surface area contributed by atoms with Gasteiger partial charge in [-0.1, -0.05) is 13.8 Å². The quantitative estimate of drug-likeness (QED) is 0.737. The summed E-state index contributed by atoms with van der Waals surface area (Å²) in [6.07, 6.45) is 0.632. The van der Waals surface area contributed by atoms with E-state index in [0.717, 1.165) is 12.8 Å². The summed E-state index contributed by atoms with van der Waals surface area (Å²) in [6, 6.07) is -0.692. The largest absolute Gasteiger partial charge is 0.479 e. The van der Waals surface area contributed by atoms with Crippen LogP contribution in [0.5, 0.6) is 0 Å². The highest BCUT2D eigenvalue weighted by Crippen LogP contribution is 2.20. The summed E-state index contributed by atoms with van der Waals surface area (Å²) in [4.78, 5) is 23.7. The standard InChI is InChI=1S/C17H31NO6/c1-11(2)10-12(18-16(21)24-17(3,4)5)14(15(19)20)23-13-8-6-7-9-22-13/h11-14H,6-10H2,1-5H3,(H,18,21)(H,19,20)/t12-,13?,14+/m0/s1. The lowest BCUT2D eigenvalue weighted by molar-refractivity contribution is -0.205. The topological polar surface area (TPSA) is 94.1 Å². The van der Waals surface area contributed by atoms with E-state index in [2.05, 4.69) is 5.32 Å². The minimum absolute atomic E-state index is 0.183. The van der Waals surface area contributed by atoms with E-state index in [4.69, 9.17) is 14.2 Å². The molecule has 24 heavy (non-hydrogen) atoms. The Morgan fingerprint density at radius 3 is 2.42 bits per heavy atom. The van der Waals surface area contributed by atoms with Gasteiger partial charge < -0.3 is 24.6 Å². The van der Waals surface area contributed by atoms with Crippen LogP contribution in [-0.2, 0) is 19.0 Å². The smallest absolute Gasteiger partial charge is 0.407 e. The van der Waals surface area contributed by atoms with Crippen molar-refractivity contribution >= 4 is 12.1 Å². The number of carbonyl (C=O) groups excluding carboxylic acids is 1. The number of ether oxygens (including phenoxy) is 3. The number of alkyl carbamates (subject to hydrolysis) is 1. The summed E-state index contributed by atoms with van der Waals surface area (Å²) < 4.78 is 16.4. The summed E-state index contributed by atoms with van der Waals surface area (Å²) in [5.41, 5.74) is -0.654. The molecule has 1 unspecified atom stereocenters. The molecule has 1 saturated heterocycles. The average molecular weight is 345 g/mol. The average Bonchev–Trinajstić information content (AvgIpc) is 2.42. The van der Waals surface area contributed by atoms with Crippen LogP contribution in [0.1, 0.15) is 60.3 Å². The molecule has 0 aromatic carbocycles. The van der Waals surface area contributed by atoms with Crippen LogP contribution in [0, 0.1) is 5.92 Å². The van der Waals surface area contributed by atoms with Gasteiger partial charge in [0, 0.05) is 6.61 Å². The molecular formula is C17H31NO6. The predicted molar refractivity (Wildman–Crippen MR) is 88.7 cm³/mol. The van der Waals surface area contributed by atoms with Gasteiger partial charge in [0.1, 0.15) is 5.60 Å². The van der Waals surface area contributed by atoms with Gasteiger partial charge in [-0.15, -0.1) is 0 Å². The molecule has 0 radical (unpaired) electrons. The Labute approximate surface area is 144 Å². The number of hydrogen-bond acceptors (Lipinski definition) is 5. The van der Waals surface area contributed by atoms with E-state index in [1.807, 2.05) is 13.8 Å². The maximum absolute atomic E-state index is 12.1. The SMILES string of the molecule is CC(C)C[C@H](NC(=O)OC(C)(C)C)[C@@H](OC1CCCCO1)C(=O)O. The molecule has 1 aliphatic rings. The molecule has 7 heteroatoms. The van der Waals surface area contributed by atoms with Gasteiger partial charge >= 0.3 is 12.1 Å². The Hall–Kier alpha value is -1.34. The maximum Gasteiger partial charge on any atom is 0.407 e. The van der Waals surface area contributed by atoms with Crippen LogP contribution in [0.2, 0.25) is 0 Å². The number of nitrogens with one attached hydrogen (secondary N) is 1. The molecule has 1 heterocycles. The summed E-state index contributed by atoms with van der Waals surface area (Å²) in [6.45, 7) is 9.74. The van der Waals surface area contributed by atoms with Crippen LogP contribution in [-0.4, -0.2) is 47.8 Å². The van der Waals surface area contributed by atoms with Crippen LogP contribution in [0.4, 0.5) is 4.79 Å². The molecule has 0 aliphatic carbocycles. The van der Waals surface area contributed by atoms with Gasteiger partial charge in [-0.2, -0.15) is 0 Å². The molecule has 140 valence electrons. The number of carboxylic acids is 1. The number of amides is 1. The number of carboxylic acid groups (broad SMARTS) is 1. The highest BCUT2D eigenvalue weighted by atomic mass is 16.7. The van der Waals surface area contributed by atoms with Crippen LogP contribution in [0.3, 0.4) is 0 Å². The van der Waals surface area contributed by atoms with Crippen molar-refractivity contribution in [2.24, 2.45) is 5.92 Å². The summed E-state index contributed by atoms with van der Waals surface area (Å²) >= 11 is 0. The zero-order valence-electron chi connectivity index (χ0n) is 15.3. The van der Waals surface area contributed by atoms with Gasteiger partial charge in [0.15, 0.2) is 12.4 Å². The molecule has 1 amide bonds. The van der Waals surface area contributed by atoms with Crippen molar-refractivity contribution in [1.82, 2.24) is 5.32 Å². The third-order valence-electron chi connectivity index (χ3n) is 3.47. The van der Waals surface area contributed by atoms with Gasteiger partial charge in [-0.05, 0) is 52.4 Å². The van der Waals surface area contributed by atoms with Crippen molar-refractivity contribution in [3.8, 4) is 0 Å². The molecule has 0 bridgehead atoms. The fraction of sp³-hybridized carbons (Fsp3) is 0.882. The minimum Gasteiger partial charge on any atom is -0.479 e. The van der Waals surface area contributed by atoms with Crippen LogP contribution in [0.25, 0.3) is 0 Å². The molecule has 0 aromatic rings. The minimum atomic E-state index is -1.18. The van der Waals surface area contributed by atoms with E-state index in [0.29, 0.717) is 19.4 Å². The van der Waals surface area contributed by atoms with E-state index < -0.39 is 36.1 Å². The molecular weight excluding hydrogens is 314 g/mol. The molecule has 1 rings (SSSR count). The fourth-order valence-corrected chi connectivity index (χ4v) is 2.53. The van der Waals surface area contributed by atoms with Crippen LogP contribution in [0.15, 0.2) is 0 Å². The fourth-order valence-electron chi connectivity index (χ4n) is 2.53. The number of hydrogen-bond donors (Lipinski definition) is 2. The van der Waals surface area contributed by atoms with Gasteiger partial charge in [0.05, 0.1) is 6.04 Å². The first kappa shape index (κ1) is 20.7. The van der Waals surface area contributed by atoms with Crippen molar-refractivity contribution in [2.45, 2.75) is 84.3 Å². The number of carbonyl (C=O) groups is 2. The zero-order chi connectivity index (χ0) is 18.3. The van der Waals surface area contributed by atoms with E-state index in [-0.39, 0.29) is 5.92 Å². The van der Waals surface area contributed by atoms with E-state index in [9.17, 15) is 14.7 Å². The highest BCUT2D eigenvalue weighted by Gasteiger charge is 2.35. The van der Waals surface area contributed by atoms with E-state index in [1.54, 1.807) is 20.8 Å². The lowest BCUT2D eigenvalue weighted by Crippen LogP contribution is -2.51. The van der Waals surface area contributed by atoms with Gasteiger partial charge in [-0.25, -0.2) is 9.59 Å². The molecule has 3 atom stereocenters. The summed E-state index contributed by atoms with van der Waals surface area (Å²) in [5.74, 6) is -0.937. The second-order valence-electron chi connectivity index (χ2n) is 7.57. The van der Waals surface area contributed by atoms with Crippen molar-refractivity contribution in [3.63, 3.8) is 0 Å². The normalized spacial score (nSPS) is 21.2. The second-order valence-corrected chi connectivity index (χ2v) is 7.57. The molecule has 0 spiro atoms. The number of aliphatic carboxylic acids is 1. The van der Waals surface area contributed by atoms with E-state index in [1.165, 1.54) is 0 Å². The van der Waals surface area contributed by atoms with Crippen molar-refractivity contribution in [2.75, 3.05) is 6.61 Å². The zero-order valence-corrected chi connectivity index (χ0v) is 15.3. The Bertz CT molecular complexity index is 412. The third kappa shape index (κ3) is 7.97. The first-order valence-corrected chi connectivity index (χ1v) is 8.58. The van der Waals surface area contributed by atoms with Crippen LogP contribution < -0.4 is 5.32 Å². The lowest BCUT2D eigenvalue weighted by Gasteiger charge is -2.32. The predicted octanol–water partition coefficient (Wildman–Crippen LogP) is 2.92. The first-order chi connectivity index (χ1) is 11.1. The first-order valence-electron chi connectivity index (χ1n) is 8.58. The molecule has 0 aromatic heterocycles. The Kier molecular flexibility index (Phi) is 7.96. The van der Waals surface area contributed by atoms with E-state index >= 15 is 0 Å². The molecule has 1 aliphatic heterocycles. The van der Waals surface area contributed by atoms with Crippen LogP contribution >= 0.6 is 0 Å². The molecule has 0 saturated carbocycles. The van der Waals surface area contributed by atoms with Gasteiger partial charge in [-0.3, -0.25) is 0 Å². The van der Waals surface area contributed by atoms with Gasteiger partial charge in [0.25, 0.3) is 0 Å². The molecule has 7 nitrogen and oxygen atoms in total.